The maximum absolute atomic E-state index is 12.6. The van der Waals surface area contributed by atoms with E-state index in [9.17, 15) is 14.9 Å². The van der Waals surface area contributed by atoms with E-state index in [0.29, 0.717) is 12.2 Å². The van der Waals surface area contributed by atoms with Crippen molar-refractivity contribution in [2.45, 2.75) is 26.7 Å². The summed E-state index contributed by atoms with van der Waals surface area (Å²) in [6.45, 7) is 4.41. The van der Waals surface area contributed by atoms with E-state index in [0.717, 1.165) is 24.1 Å². The van der Waals surface area contributed by atoms with Crippen LogP contribution in [-0.2, 0) is 16.0 Å². The fourth-order valence-corrected chi connectivity index (χ4v) is 3.37. The Labute approximate surface area is 157 Å². The number of methoxy groups -OCH3 is 1. The molecule has 1 aliphatic rings. The quantitative estimate of drug-likeness (QED) is 0.842. The molecule has 2 heterocycles. The number of aryl methyl sites for hydroxylation is 1. The Kier molecular flexibility index (Phi) is 4.91. The molecule has 7 nitrogen and oxygen atoms in total. The smallest absolute Gasteiger partial charge is 0.357 e. The van der Waals surface area contributed by atoms with E-state index in [-0.39, 0.29) is 28.8 Å². The molecule has 1 aliphatic heterocycles. The third-order valence-corrected chi connectivity index (χ3v) is 4.77. The van der Waals surface area contributed by atoms with Gasteiger partial charge in [0.05, 0.1) is 18.4 Å². The van der Waals surface area contributed by atoms with Crippen LogP contribution < -0.4 is 10.6 Å². The molecule has 0 saturated carbocycles. The van der Waals surface area contributed by atoms with E-state index < -0.39 is 5.97 Å². The fraction of sp³-hybridized carbons (Fsp3) is 0.350. The first-order valence-electron chi connectivity index (χ1n) is 8.83. The third-order valence-electron chi connectivity index (χ3n) is 4.77. The summed E-state index contributed by atoms with van der Waals surface area (Å²) in [6.07, 6.45) is 3.31. The molecule has 0 spiro atoms. The average Bonchev–Trinajstić information content (AvgIpc) is 3.02. The summed E-state index contributed by atoms with van der Waals surface area (Å²) in [5, 5.41) is 9.28. The zero-order valence-electron chi connectivity index (χ0n) is 15.7. The molecular weight excluding hydrogens is 344 g/mol. The number of ether oxygens (including phenoxy) is 1. The van der Waals surface area contributed by atoms with E-state index in [4.69, 9.17) is 10.5 Å². The summed E-state index contributed by atoms with van der Waals surface area (Å²) in [5.41, 5.74) is 8.91. The number of aromatic nitrogens is 1. The van der Waals surface area contributed by atoms with Crippen molar-refractivity contribution in [3.8, 4) is 11.8 Å². The van der Waals surface area contributed by atoms with Gasteiger partial charge in [-0.2, -0.15) is 5.26 Å². The van der Waals surface area contributed by atoms with Crippen LogP contribution >= 0.6 is 0 Å². The average molecular weight is 366 g/mol. The number of amides is 1. The minimum absolute atomic E-state index is 0.0611. The van der Waals surface area contributed by atoms with Gasteiger partial charge in [-0.3, -0.25) is 4.79 Å². The first-order chi connectivity index (χ1) is 12.9. The summed E-state index contributed by atoms with van der Waals surface area (Å²) in [5.74, 6) is -0.675. The third kappa shape index (κ3) is 3.14. The Morgan fingerprint density at radius 2 is 2.07 bits per heavy atom. The molecule has 0 fully saturated rings. The first-order valence-corrected chi connectivity index (χ1v) is 8.83. The maximum Gasteiger partial charge on any atom is 0.357 e. The molecule has 1 amide bonds. The molecule has 0 atom stereocenters. The summed E-state index contributed by atoms with van der Waals surface area (Å²) >= 11 is 0. The van der Waals surface area contributed by atoms with Crippen LogP contribution in [-0.4, -0.2) is 30.1 Å². The number of nitrogens with zero attached hydrogens (tertiary/aromatic N) is 3. The predicted octanol–water partition coefficient (Wildman–Crippen LogP) is 2.65. The van der Waals surface area contributed by atoms with Crippen molar-refractivity contribution < 1.29 is 14.3 Å². The topological polar surface area (TPSA) is 101 Å². The second kappa shape index (κ2) is 7.16. The summed E-state index contributed by atoms with van der Waals surface area (Å²) in [4.78, 5) is 26.6. The van der Waals surface area contributed by atoms with Gasteiger partial charge in [-0.1, -0.05) is 19.9 Å². The number of carbonyl (C=O) groups is 2. The molecular formula is C20H22N4O3. The van der Waals surface area contributed by atoms with Crippen molar-refractivity contribution in [2.75, 3.05) is 24.3 Å². The molecule has 0 unspecified atom stereocenters. The van der Waals surface area contributed by atoms with Gasteiger partial charge in [-0.25, -0.2) is 4.79 Å². The molecule has 2 aromatic rings. The van der Waals surface area contributed by atoms with E-state index in [2.05, 4.69) is 0 Å². The maximum atomic E-state index is 12.6. The van der Waals surface area contributed by atoms with Crippen molar-refractivity contribution >= 4 is 23.3 Å². The highest BCUT2D eigenvalue weighted by Gasteiger charge is 2.26. The van der Waals surface area contributed by atoms with Crippen molar-refractivity contribution in [1.29, 1.82) is 5.26 Å². The minimum Gasteiger partial charge on any atom is -0.464 e. The van der Waals surface area contributed by atoms with Crippen LogP contribution in [0.15, 0.2) is 24.4 Å². The number of nitrogen functional groups attached to an aromatic ring is 1. The molecule has 0 aliphatic carbocycles. The Hall–Kier alpha value is -3.27. The molecule has 140 valence electrons. The number of fused-ring (bicyclic) bond motifs is 1. The number of nitrogens with two attached hydrogens (primary N) is 1. The van der Waals surface area contributed by atoms with Crippen molar-refractivity contribution in [2.24, 2.45) is 5.92 Å². The molecule has 0 saturated heterocycles. The normalized spacial score (nSPS) is 13.2. The van der Waals surface area contributed by atoms with Gasteiger partial charge in [0.2, 0.25) is 5.91 Å². The number of carbonyl (C=O) groups excluding carboxylic acids is 2. The van der Waals surface area contributed by atoms with E-state index >= 15 is 0 Å². The van der Waals surface area contributed by atoms with Gasteiger partial charge in [0.15, 0.2) is 5.69 Å². The number of nitriles is 1. The van der Waals surface area contributed by atoms with Crippen LogP contribution in [0.3, 0.4) is 0 Å². The molecule has 3 rings (SSSR count). The Morgan fingerprint density at radius 3 is 2.70 bits per heavy atom. The van der Waals surface area contributed by atoms with Crippen LogP contribution in [0.25, 0.3) is 5.69 Å². The fourth-order valence-electron chi connectivity index (χ4n) is 3.37. The first kappa shape index (κ1) is 18.5. The molecule has 2 N–H and O–H groups in total. The number of esters is 1. The van der Waals surface area contributed by atoms with Gasteiger partial charge >= 0.3 is 5.97 Å². The molecule has 7 heteroatoms. The second-order valence-electron chi connectivity index (χ2n) is 6.84. The Balaban J connectivity index is 2.16. The monoisotopic (exact) mass is 366 g/mol. The van der Waals surface area contributed by atoms with E-state index in [1.165, 1.54) is 13.3 Å². The molecule has 1 aromatic heterocycles. The lowest BCUT2D eigenvalue weighted by Crippen LogP contribution is -2.38. The summed E-state index contributed by atoms with van der Waals surface area (Å²) < 4.78 is 6.38. The van der Waals surface area contributed by atoms with Gasteiger partial charge in [0.1, 0.15) is 6.07 Å². The van der Waals surface area contributed by atoms with Gasteiger partial charge in [0.25, 0.3) is 0 Å². The number of benzene rings is 1. The zero-order chi connectivity index (χ0) is 19.7. The minimum atomic E-state index is -0.623. The van der Waals surface area contributed by atoms with Crippen molar-refractivity contribution in [3.05, 3.63) is 41.2 Å². The zero-order valence-corrected chi connectivity index (χ0v) is 15.7. The standard InChI is InChI=1S/C20H22N4O3/c1-12(2)19(25)23-8-4-5-13-6-7-15(9-16(13)23)24-11-14(10-21)17(22)18(24)20(26)27-3/h6-7,9,11-12H,4-5,8,22H2,1-3H3. The van der Waals surface area contributed by atoms with Crippen LogP contribution in [0.4, 0.5) is 11.4 Å². The van der Waals surface area contributed by atoms with Gasteiger partial charge in [-0.15, -0.1) is 0 Å². The van der Waals surface area contributed by atoms with Gasteiger partial charge < -0.3 is 19.9 Å². The lowest BCUT2D eigenvalue weighted by molar-refractivity contribution is -0.121. The molecule has 0 bridgehead atoms. The number of hydrogen-bond acceptors (Lipinski definition) is 5. The highest BCUT2D eigenvalue weighted by molar-refractivity contribution is 5.97. The van der Waals surface area contributed by atoms with Crippen LogP contribution in [0.5, 0.6) is 0 Å². The second-order valence-corrected chi connectivity index (χ2v) is 6.84. The van der Waals surface area contributed by atoms with Crippen LogP contribution in [0, 0.1) is 17.2 Å². The highest BCUT2D eigenvalue weighted by Crippen LogP contribution is 2.32. The lowest BCUT2D eigenvalue weighted by Gasteiger charge is -2.31. The van der Waals surface area contributed by atoms with Crippen LogP contribution in [0.2, 0.25) is 0 Å². The molecule has 27 heavy (non-hydrogen) atoms. The van der Waals surface area contributed by atoms with Crippen molar-refractivity contribution in [3.63, 3.8) is 0 Å². The van der Waals surface area contributed by atoms with E-state index in [1.807, 2.05) is 38.1 Å². The van der Waals surface area contributed by atoms with Crippen molar-refractivity contribution in [1.82, 2.24) is 4.57 Å². The molecule has 1 aromatic carbocycles. The number of hydrogen-bond donors (Lipinski definition) is 1. The molecule has 0 radical (unpaired) electrons. The van der Waals surface area contributed by atoms with Crippen LogP contribution in [0.1, 0.15) is 41.9 Å². The summed E-state index contributed by atoms with van der Waals surface area (Å²) in [6, 6.07) is 7.66. The SMILES string of the molecule is COC(=O)c1c(N)c(C#N)cn1-c1ccc2c(c1)N(C(=O)C(C)C)CCC2. The Morgan fingerprint density at radius 1 is 1.33 bits per heavy atom. The lowest BCUT2D eigenvalue weighted by atomic mass is 9.99. The van der Waals surface area contributed by atoms with Gasteiger partial charge in [0, 0.05) is 30.0 Å². The van der Waals surface area contributed by atoms with E-state index in [1.54, 1.807) is 9.47 Å². The summed E-state index contributed by atoms with van der Waals surface area (Å²) in [7, 11) is 1.26. The highest BCUT2D eigenvalue weighted by atomic mass is 16.5. The number of anilines is 2. The number of rotatable bonds is 3. The largest absolute Gasteiger partial charge is 0.464 e. The van der Waals surface area contributed by atoms with Gasteiger partial charge in [-0.05, 0) is 30.5 Å². The Bertz CT molecular complexity index is 953. The predicted molar refractivity (Wildman–Crippen MR) is 102 cm³/mol.